The molecule has 0 unspecified atom stereocenters. The van der Waals surface area contributed by atoms with Gasteiger partial charge >= 0.3 is 0 Å². The Hall–Kier alpha value is -3.48. The van der Waals surface area contributed by atoms with E-state index in [9.17, 15) is 9.59 Å². The molecule has 7 heteroatoms. The van der Waals surface area contributed by atoms with Gasteiger partial charge in [0, 0.05) is 24.9 Å². The van der Waals surface area contributed by atoms with Crippen LogP contribution >= 0.6 is 0 Å². The Bertz CT molecular complexity index is 1010. The second-order valence-corrected chi connectivity index (χ2v) is 7.45. The molecule has 7 nitrogen and oxygen atoms in total. The van der Waals surface area contributed by atoms with Crippen LogP contribution in [0.5, 0.6) is 5.75 Å². The van der Waals surface area contributed by atoms with E-state index in [0.717, 1.165) is 16.9 Å². The van der Waals surface area contributed by atoms with Gasteiger partial charge in [0.15, 0.2) is 5.82 Å². The van der Waals surface area contributed by atoms with Gasteiger partial charge in [0.1, 0.15) is 18.1 Å². The SMILES string of the molecule is CC(C)CNC(=O)CCc1nnc(-c2ccc(OCc3ccccc3)cc2)[nH]c1=O. The molecule has 0 aliphatic carbocycles. The summed E-state index contributed by atoms with van der Waals surface area (Å²) in [4.78, 5) is 26.9. The fourth-order valence-corrected chi connectivity index (χ4v) is 2.74. The molecule has 3 aromatic rings. The van der Waals surface area contributed by atoms with Crippen molar-refractivity contribution in [2.75, 3.05) is 6.54 Å². The molecule has 1 aromatic heterocycles. The number of hydrogen-bond acceptors (Lipinski definition) is 5. The Labute approximate surface area is 175 Å². The Morgan fingerprint density at radius 2 is 1.80 bits per heavy atom. The maximum Gasteiger partial charge on any atom is 0.273 e. The van der Waals surface area contributed by atoms with Crippen LogP contribution in [0.2, 0.25) is 0 Å². The highest BCUT2D eigenvalue weighted by Gasteiger charge is 2.10. The van der Waals surface area contributed by atoms with E-state index in [1.54, 1.807) is 0 Å². The quantitative estimate of drug-likeness (QED) is 0.569. The Morgan fingerprint density at radius 1 is 1.07 bits per heavy atom. The lowest BCUT2D eigenvalue weighted by molar-refractivity contribution is -0.121. The lowest BCUT2D eigenvalue weighted by atomic mass is 10.2. The number of hydrogen-bond donors (Lipinski definition) is 2. The topological polar surface area (TPSA) is 97.0 Å². The van der Waals surface area contributed by atoms with Crippen molar-refractivity contribution >= 4 is 5.91 Å². The largest absolute Gasteiger partial charge is 0.489 e. The van der Waals surface area contributed by atoms with E-state index in [0.29, 0.717) is 24.9 Å². The maximum absolute atomic E-state index is 12.3. The number of amides is 1. The highest BCUT2D eigenvalue weighted by atomic mass is 16.5. The third kappa shape index (κ3) is 6.27. The van der Waals surface area contributed by atoms with Crippen LogP contribution in [0.15, 0.2) is 59.4 Å². The molecule has 1 amide bonds. The van der Waals surface area contributed by atoms with E-state index >= 15 is 0 Å². The zero-order valence-corrected chi connectivity index (χ0v) is 17.2. The van der Waals surface area contributed by atoms with Gasteiger partial charge in [-0.05, 0) is 35.7 Å². The number of nitrogens with one attached hydrogen (secondary N) is 2. The smallest absolute Gasteiger partial charge is 0.273 e. The number of carbonyl (C=O) groups excluding carboxylic acids is 1. The summed E-state index contributed by atoms with van der Waals surface area (Å²) in [7, 11) is 0. The zero-order chi connectivity index (χ0) is 21.3. The molecule has 0 atom stereocenters. The van der Waals surface area contributed by atoms with Crippen molar-refractivity contribution in [3.63, 3.8) is 0 Å². The Kier molecular flexibility index (Phi) is 7.32. The molecule has 1 heterocycles. The van der Waals surface area contributed by atoms with Crippen molar-refractivity contribution in [3.8, 4) is 17.1 Å². The molecule has 2 N–H and O–H groups in total. The molecule has 3 rings (SSSR count). The normalized spacial score (nSPS) is 10.8. The van der Waals surface area contributed by atoms with Crippen molar-refractivity contribution in [2.45, 2.75) is 33.3 Å². The Balaban J connectivity index is 1.57. The third-order valence-corrected chi connectivity index (χ3v) is 4.44. The minimum Gasteiger partial charge on any atom is -0.489 e. The predicted octanol–water partition coefficient (Wildman–Crippen LogP) is 3.12. The predicted molar refractivity (Wildman–Crippen MR) is 115 cm³/mol. The number of rotatable bonds is 9. The van der Waals surface area contributed by atoms with Gasteiger partial charge in [-0.2, -0.15) is 0 Å². The Morgan fingerprint density at radius 3 is 2.47 bits per heavy atom. The highest BCUT2D eigenvalue weighted by Crippen LogP contribution is 2.19. The lowest BCUT2D eigenvalue weighted by Crippen LogP contribution is -2.28. The van der Waals surface area contributed by atoms with Gasteiger partial charge in [-0.15, -0.1) is 10.2 Å². The summed E-state index contributed by atoms with van der Waals surface area (Å²) in [5, 5.41) is 10.9. The first kappa shape index (κ1) is 21.2. The van der Waals surface area contributed by atoms with E-state index in [1.807, 2.05) is 68.4 Å². The van der Waals surface area contributed by atoms with E-state index in [4.69, 9.17) is 4.74 Å². The molecule has 0 saturated carbocycles. The number of nitrogens with zero attached hydrogens (tertiary/aromatic N) is 2. The molecule has 0 radical (unpaired) electrons. The van der Waals surface area contributed by atoms with E-state index in [-0.39, 0.29) is 30.0 Å². The molecule has 156 valence electrons. The highest BCUT2D eigenvalue weighted by molar-refractivity contribution is 5.76. The zero-order valence-electron chi connectivity index (χ0n) is 17.2. The third-order valence-electron chi connectivity index (χ3n) is 4.44. The van der Waals surface area contributed by atoms with Gasteiger partial charge in [-0.1, -0.05) is 44.2 Å². The second-order valence-electron chi connectivity index (χ2n) is 7.45. The minimum atomic E-state index is -0.332. The summed E-state index contributed by atoms with van der Waals surface area (Å²) >= 11 is 0. The van der Waals surface area contributed by atoms with Crippen molar-refractivity contribution in [1.82, 2.24) is 20.5 Å². The van der Waals surface area contributed by atoms with Crippen molar-refractivity contribution < 1.29 is 9.53 Å². The van der Waals surface area contributed by atoms with Gasteiger partial charge < -0.3 is 15.0 Å². The van der Waals surface area contributed by atoms with Crippen LogP contribution in [-0.2, 0) is 17.8 Å². The fourth-order valence-electron chi connectivity index (χ4n) is 2.74. The van der Waals surface area contributed by atoms with Crippen molar-refractivity contribution in [2.24, 2.45) is 5.92 Å². The molecular weight excluding hydrogens is 380 g/mol. The molecular formula is C23H26N4O3. The number of aromatic amines is 1. The monoisotopic (exact) mass is 406 g/mol. The van der Waals surface area contributed by atoms with E-state index in [1.165, 1.54) is 0 Å². The summed E-state index contributed by atoms with van der Waals surface area (Å²) in [5.74, 6) is 1.39. The van der Waals surface area contributed by atoms with Gasteiger partial charge in [-0.25, -0.2) is 0 Å². The number of aryl methyl sites for hydroxylation is 1. The van der Waals surface area contributed by atoms with Crippen LogP contribution in [0.4, 0.5) is 0 Å². The van der Waals surface area contributed by atoms with Crippen LogP contribution in [-0.4, -0.2) is 27.6 Å². The molecule has 0 saturated heterocycles. The molecule has 0 spiro atoms. The standard InChI is InChI=1S/C23H26N4O3/c1-16(2)14-24-21(28)13-12-20-23(29)25-22(27-26-20)18-8-10-19(11-9-18)30-15-17-6-4-3-5-7-17/h3-11,16H,12-15H2,1-2H3,(H,24,28)(H,25,27,29). The summed E-state index contributed by atoms with van der Waals surface area (Å²) in [6.07, 6.45) is 0.454. The first-order chi connectivity index (χ1) is 14.5. The number of aromatic nitrogens is 3. The summed E-state index contributed by atoms with van der Waals surface area (Å²) < 4.78 is 5.77. The van der Waals surface area contributed by atoms with Crippen LogP contribution in [0.3, 0.4) is 0 Å². The van der Waals surface area contributed by atoms with Crippen molar-refractivity contribution in [1.29, 1.82) is 0 Å². The minimum absolute atomic E-state index is 0.0972. The van der Waals surface area contributed by atoms with E-state index < -0.39 is 0 Å². The average molecular weight is 406 g/mol. The summed E-state index contributed by atoms with van der Waals surface area (Å²) in [5.41, 5.74) is 1.74. The van der Waals surface area contributed by atoms with E-state index in [2.05, 4.69) is 20.5 Å². The van der Waals surface area contributed by atoms with Gasteiger partial charge in [0.05, 0.1) is 0 Å². The first-order valence-corrected chi connectivity index (χ1v) is 10.0. The number of carbonyl (C=O) groups is 1. The molecule has 0 aliphatic heterocycles. The molecule has 0 aliphatic rings. The van der Waals surface area contributed by atoms with Crippen LogP contribution < -0.4 is 15.6 Å². The maximum atomic E-state index is 12.3. The number of ether oxygens (including phenoxy) is 1. The molecule has 2 aromatic carbocycles. The molecule has 0 bridgehead atoms. The average Bonchev–Trinajstić information content (AvgIpc) is 2.76. The van der Waals surface area contributed by atoms with Gasteiger partial charge in [-0.3, -0.25) is 9.59 Å². The van der Waals surface area contributed by atoms with Crippen molar-refractivity contribution in [3.05, 3.63) is 76.2 Å². The fraction of sp³-hybridized carbons (Fsp3) is 0.304. The van der Waals surface area contributed by atoms with Crippen LogP contribution in [0, 0.1) is 5.92 Å². The second kappa shape index (κ2) is 10.3. The number of benzene rings is 2. The summed E-state index contributed by atoms with van der Waals surface area (Å²) in [6, 6.07) is 17.2. The molecule has 30 heavy (non-hydrogen) atoms. The first-order valence-electron chi connectivity index (χ1n) is 10.0. The van der Waals surface area contributed by atoms with Crippen LogP contribution in [0.1, 0.15) is 31.5 Å². The number of H-pyrrole nitrogens is 1. The van der Waals surface area contributed by atoms with Gasteiger partial charge in [0.25, 0.3) is 5.56 Å². The van der Waals surface area contributed by atoms with Crippen LogP contribution in [0.25, 0.3) is 11.4 Å². The van der Waals surface area contributed by atoms with Gasteiger partial charge in [0.2, 0.25) is 5.91 Å². The molecule has 0 fully saturated rings. The lowest BCUT2D eigenvalue weighted by Gasteiger charge is -2.08. The summed E-state index contributed by atoms with van der Waals surface area (Å²) in [6.45, 7) is 5.15.